The summed E-state index contributed by atoms with van der Waals surface area (Å²) in [6.45, 7) is 6.55. The van der Waals surface area contributed by atoms with E-state index in [1.54, 1.807) is 33.8 Å². The second-order valence-corrected chi connectivity index (χ2v) is 10.9. The van der Waals surface area contributed by atoms with Gasteiger partial charge in [0.2, 0.25) is 6.10 Å². The number of hydrogen-bond donors (Lipinski definition) is 1. The quantitative estimate of drug-likeness (QED) is 0.383. The molecule has 0 aromatic rings. The minimum atomic E-state index is -5.17. The van der Waals surface area contributed by atoms with E-state index in [0.717, 1.165) is 5.57 Å². The fourth-order valence-electron chi connectivity index (χ4n) is 4.01. The Labute approximate surface area is 173 Å². The summed E-state index contributed by atoms with van der Waals surface area (Å²) in [4.78, 5) is 25.3. The second kappa shape index (κ2) is 7.81. The van der Waals surface area contributed by atoms with Crippen LogP contribution < -0.4 is 0 Å². The van der Waals surface area contributed by atoms with Crippen molar-refractivity contribution in [2.75, 3.05) is 5.75 Å². The predicted molar refractivity (Wildman–Crippen MR) is 99.9 cm³/mol. The number of rotatable bonds is 5. The monoisotopic (exact) mass is 456 g/mol. The number of carbonyl (C=O) groups is 2. The first-order chi connectivity index (χ1) is 13.4. The van der Waals surface area contributed by atoms with Crippen molar-refractivity contribution in [3.63, 3.8) is 0 Å². The summed E-state index contributed by atoms with van der Waals surface area (Å²) in [5.41, 5.74) is -2.64. The number of hydrogen-bond acceptors (Lipinski definition) is 6. The Hall–Kier alpha value is -1.62. The number of ether oxygens (including phenoxy) is 2. The molecule has 1 saturated carbocycles. The molecule has 2 bridgehead atoms. The maximum absolute atomic E-state index is 13.2. The molecule has 1 fully saturated rings. The molecule has 0 radical (unpaired) electrons. The van der Waals surface area contributed by atoms with E-state index < -0.39 is 56.5 Å². The van der Waals surface area contributed by atoms with E-state index in [0.29, 0.717) is 12.8 Å². The molecule has 2 aliphatic carbocycles. The Balaban J connectivity index is 2.31. The van der Waals surface area contributed by atoms with E-state index in [-0.39, 0.29) is 19.3 Å². The zero-order valence-electron chi connectivity index (χ0n) is 17.3. The third-order valence-corrected chi connectivity index (χ3v) is 5.99. The van der Waals surface area contributed by atoms with Gasteiger partial charge in [0.25, 0.3) is 10.1 Å². The summed E-state index contributed by atoms with van der Waals surface area (Å²) in [6, 6.07) is 0. The summed E-state index contributed by atoms with van der Waals surface area (Å²) in [6.07, 6.45) is -5.03. The molecule has 3 unspecified atom stereocenters. The SMILES string of the molecule is CC1(OC(=O)C(C)(C)C)C=C2CCCC(C(=O)OC(CS(=O)(=O)O)C(F)(F)F)(C2)C1. The predicted octanol–water partition coefficient (Wildman–Crippen LogP) is 3.59. The maximum Gasteiger partial charge on any atom is 0.426 e. The van der Waals surface area contributed by atoms with Crippen LogP contribution in [0.15, 0.2) is 11.6 Å². The van der Waals surface area contributed by atoms with Gasteiger partial charge < -0.3 is 9.47 Å². The van der Waals surface area contributed by atoms with Crippen LogP contribution in [0.5, 0.6) is 0 Å². The van der Waals surface area contributed by atoms with Gasteiger partial charge in [-0.1, -0.05) is 5.57 Å². The van der Waals surface area contributed by atoms with Crippen molar-refractivity contribution in [1.82, 2.24) is 0 Å². The molecule has 0 aromatic heterocycles. The molecule has 0 aliphatic heterocycles. The molecular weight excluding hydrogens is 429 g/mol. The Morgan fingerprint density at radius 2 is 1.87 bits per heavy atom. The average molecular weight is 456 g/mol. The van der Waals surface area contributed by atoms with E-state index in [1.807, 2.05) is 0 Å². The number of halogens is 3. The van der Waals surface area contributed by atoms with Gasteiger partial charge in [-0.2, -0.15) is 21.6 Å². The number of allylic oxidation sites excluding steroid dienone is 1. The molecule has 1 N–H and O–H groups in total. The van der Waals surface area contributed by atoms with Crippen LogP contribution in [0.2, 0.25) is 0 Å². The van der Waals surface area contributed by atoms with Crippen LogP contribution in [0.3, 0.4) is 0 Å². The van der Waals surface area contributed by atoms with Crippen molar-refractivity contribution in [2.45, 2.75) is 77.7 Å². The largest absolute Gasteiger partial charge is 0.455 e. The molecular formula is C19H27F3O7S. The lowest BCUT2D eigenvalue weighted by Gasteiger charge is -2.46. The first kappa shape index (κ1) is 24.6. The minimum absolute atomic E-state index is 0.0827. The lowest BCUT2D eigenvalue weighted by molar-refractivity contribution is -0.223. The van der Waals surface area contributed by atoms with Crippen molar-refractivity contribution < 1.29 is 45.2 Å². The van der Waals surface area contributed by atoms with Gasteiger partial charge >= 0.3 is 18.1 Å². The van der Waals surface area contributed by atoms with Gasteiger partial charge in [-0.25, -0.2) is 0 Å². The maximum atomic E-state index is 13.2. The Morgan fingerprint density at radius 3 is 2.37 bits per heavy atom. The van der Waals surface area contributed by atoms with Crippen LogP contribution in [0.1, 0.15) is 59.8 Å². The molecule has 0 aromatic carbocycles. The molecule has 11 heteroatoms. The zero-order valence-corrected chi connectivity index (χ0v) is 18.2. The van der Waals surface area contributed by atoms with Crippen LogP contribution in [-0.4, -0.2) is 48.5 Å². The topological polar surface area (TPSA) is 107 Å². The molecule has 0 saturated heterocycles. The molecule has 7 nitrogen and oxygen atoms in total. The lowest BCUT2D eigenvalue weighted by atomic mass is 9.62. The summed E-state index contributed by atoms with van der Waals surface area (Å²) < 4.78 is 80.7. The van der Waals surface area contributed by atoms with E-state index in [1.165, 1.54) is 0 Å². The van der Waals surface area contributed by atoms with Crippen LogP contribution in [0.4, 0.5) is 13.2 Å². The van der Waals surface area contributed by atoms with Crippen LogP contribution in [0.25, 0.3) is 0 Å². The second-order valence-electron chi connectivity index (χ2n) is 9.43. The standard InChI is InChI=1S/C19H27F3O7S/c1-16(2,3)14(23)29-17(4)8-12-6-5-7-18(9-12,11-17)15(24)28-13(19(20,21)22)10-30(25,26)27/h8,13H,5-7,9-11H2,1-4H3,(H,25,26,27). The van der Waals surface area contributed by atoms with Crippen molar-refractivity contribution in [3.05, 3.63) is 11.6 Å². The highest BCUT2D eigenvalue weighted by molar-refractivity contribution is 7.85. The molecule has 0 heterocycles. The average Bonchev–Trinajstić information content (AvgIpc) is 2.50. The van der Waals surface area contributed by atoms with Crippen LogP contribution in [-0.2, 0) is 29.2 Å². The first-order valence-electron chi connectivity index (χ1n) is 9.52. The molecule has 2 aliphatic rings. The summed E-state index contributed by atoms with van der Waals surface area (Å²) in [5, 5.41) is 0. The molecule has 0 spiro atoms. The van der Waals surface area contributed by atoms with Crippen molar-refractivity contribution in [3.8, 4) is 0 Å². The molecule has 172 valence electrons. The summed E-state index contributed by atoms with van der Waals surface area (Å²) in [5.74, 6) is -3.52. The summed E-state index contributed by atoms with van der Waals surface area (Å²) >= 11 is 0. The number of alkyl halides is 3. The molecule has 2 rings (SSSR count). The zero-order chi connectivity index (χ0) is 23.2. The highest BCUT2D eigenvalue weighted by Crippen LogP contribution is 2.51. The highest BCUT2D eigenvalue weighted by Gasteiger charge is 2.54. The third-order valence-electron chi connectivity index (χ3n) is 5.27. The van der Waals surface area contributed by atoms with Crippen LogP contribution >= 0.6 is 0 Å². The third kappa shape index (κ3) is 5.96. The Morgan fingerprint density at radius 1 is 1.27 bits per heavy atom. The highest BCUT2D eigenvalue weighted by atomic mass is 32.2. The summed E-state index contributed by atoms with van der Waals surface area (Å²) in [7, 11) is -5.04. The van der Waals surface area contributed by atoms with Gasteiger partial charge in [0.1, 0.15) is 11.4 Å². The minimum Gasteiger partial charge on any atom is -0.455 e. The smallest absolute Gasteiger partial charge is 0.426 e. The van der Waals surface area contributed by atoms with E-state index in [2.05, 4.69) is 4.74 Å². The number of fused-ring (bicyclic) bond motifs is 2. The fraction of sp³-hybridized carbons (Fsp3) is 0.789. The van der Waals surface area contributed by atoms with Crippen molar-refractivity contribution in [2.24, 2.45) is 10.8 Å². The van der Waals surface area contributed by atoms with E-state index in [4.69, 9.17) is 9.29 Å². The van der Waals surface area contributed by atoms with Gasteiger partial charge in [-0.05, 0) is 59.5 Å². The molecule has 3 atom stereocenters. The number of carbonyl (C=O) groups excluding carboxylic acids is 2. The van der Waals surface area contributed by atoms with Crippen molar-refractivity contribution >= 4 is 22.1 Å². The van der Waals surface area contributed by atoms with Gasteiger partial charge in [0.15, 0.2) is 0 Å². The lowest BCUT2D eigenvalue weighted by Crippen LogP contribution is -2.50. The molecule has 30 heavy (non-hydrogen) atoms. The fourth-order valence-corrected chi connectivity index (χ4v) is 4.65. The van der Waals surface area contributed by atoms with Gasteiger partial charge in [0.05, 0.1) is 10.8 Å². The van der Waals surface area contributed by atoms with Gasteiger partial charge in [-0.15, -0.1) is 0 Å². The van der Waals surface area contributed by atoms with Crippen LogP contribution in [0, 0.1) is 10.8 Å². The molecule has 0 amide bonds. The van der Waals surface area contributed by atoms with E-state index >= 15 is 0 Å². The van der Waals surface area contributed by atoms with E-state index in [9.17, 15) is 31.2 Å². The Kier molecular flexibility index (Phi) is 6.42. The normalized spacial score (nSPS) is 28.3. The Bertz CT molecular complexity index is 841. The van der Waals surface area contributed by atoms with Gasteiger partial charge in [0, 0.05) is 6.42 Å². The van der Waals surface area contributed by atoms with Gasteiger partial charge in [-0.3, -0.25) is 14.1 Å². The number of esters is 2. The first-order valence-corrected chi connectivity index (χ1v) is 11.1. The van der Waals surface area contributed by atoms with Crippen molar-refractivity contribution in [1.29, 1.82) is 0 Å².